The van der Waals surface area contributed by atoms with Crippen molar-refractivity contribution in [3.63, 3.8) is 0 Å². The zero-order chi connectivity index (χ0) is 21.2. The summed E-state index contributed by atoms with van der Waals surface area (Å²) in [4.78, 5) is 35.3. The molecule has 1 N–H and O–H groups in total. The number of methoxy groups -OCH3 is 2. The van der Waals surface area contributed by atoms with E-state index in [1.807, 2.05) is 12.1 Å². The molecule has 0 saturated carbocycles. The highest BCUT2D eigenvalue weighted by Gasteiger charge is 2.14. The molecule has 0 aliphatic carbocycles. The van der Waals surface area contributed by atoms with Crippen LogP contribution >= 0.6 is 0 Å². The number of aryl methyl sites for hydroxylation is 1. The fourth-order valence-corrected chi connectivity index (χ4v) is 2.68. The number of nitrogens with one attached hydrogen (secondary N) is 1. The molecule has 0 spiro atoms. The Morgan fingerprint density at radius 1 is 0.897 bits per heavy atom. The van der Waals surface area contributed by atoms with E-state index in [0.717, 1.165) is 18.4 Å². The van der Waals surface area contributed by atoms with Crippen LogP contribution in [0.25, 0.3) is 0 Å². The maximum Gasteiger partial charge on any atom is 0.338 e. The van der Waals surface area contributed by atoms with E-state index in [-0.39, 0.29) is 23.9 Å². The lowest BCUT2D eigenvalue weighted by molar-refractivity contribution is -0.118. The Kier molecular flexibility index (Phi) is 8.21. The van der Waals surface area contributed by atoms with Gasteiger partial charge in [0.25, 0.3) is 0 Å². The summed E-state index contributed by atoms with van der Waals surface area (Å²) in [5, 5.41) is 2.74. The summed E-state index contributed by atoms with van der Waals surface area (Å²) >= 11 is 0. The Morgan fingerprint density at radius 2 is 1.55 bits per heavy atom. The maximum atomic E-state index is 12.3. The summed E-state index contributed by atoms with van der Waals surface area (Å²) in [6, 6.07) is 11.8. The van der Waals surface area contributed by atoms with Crippen molar-refractivity contribution in [1.29, 1.82) is 0 Å². The second kappa shape index (κ2) is 10.8. The number of ketones is 1. The van der Waals surface area contributed by atoms with Gasteiger partial charge in [0.15, 0.2) is 23.9 Å². The Balaban J connectivity index is 1.87. The van der Waals surface area contributed by atoms with Crippen LogP contribution in [0.15, 0.2) is 42.5 Å². The molecule has 0 atom stereocenters. The largest absolute Gasteiger partial charge is 0.493 e. The van der Waals surface area contributed by atoms with Crippen molar-refractivity contribution in [2.45, 2.75) is 19.8 Å². The molecule has 2 aromatic carbocycles. The molecule has 0 heterocycles. The van der Waals surface area contributed by atoms with Crippen LogP contribution in [0.2, 0.25) is 0 Å². The first-order valence-electron chi connectivity index (χ1n) is 9.20. The molecular formula is C22H25NO6. The number of carbonyl (C=O) groups is 3. The molecule has 1 amide bonds. The van der Waals surface area contributed by atoms with E-state index in [4.69, 9.17) is 14.2 Å². The molecule has 7 nitrogen and oxygen atoms in total. The second-order valence-corrected chi connectivity index (χ2v) is 6.35. The predicted octanol–water partition coefficient (Wildman–Crippen LogP) is 2.81. The van der Waals surface area contributed by atoms with Crippen molar-refractivity contribution in [2.24, 2.45) is 0 Å². The first kappa shape index (κ1) is 21.9. The smallest absolute Gasteiger partial charge is 0.338 e. The molecule has 154 valence electrons. The molecule has 0 aliphatic rings. The molecule has 29 heavy (non-hydrogen) atoms. The third-order valence-electron chi connectivity index (χ3n) is 4.25. The molecule has 0 fully saturated rings. The van der Waals surface area contributed by atoms with E-state index >= 15 is 0 Å². The van der Waals surface area contributed by atoms with Crippen molar-refractivity contribution < 1.29 is 28.6 Å². The molecule has 2 aromatic rings. The average Bonchev–Trinajstić information content (AvgIpc) is 2.74. The first-order chi connectivity index (χ1) is 13.9. The van der Waals surface area contributed by atoms with Crippen LogP contribution in [0, 0.1) is 0 Å². The van der Waals surface area contributed by atoms with Crippen LogP contribution in [-0.2, 0) is 16.0 Å². The van der Waals surface area contributed by atoms with Crippen molar-refractivity contribution in [1.82, 2.24) is 5.32 Å². The number of ether oxygens (including phenoxy) is 3. The number of carbonyl (C=O) groups excluding carboxylic acids is 3. The fraction of sp³-hybridized carbons (Fsp3) is 0.318. The minimum atomic E-state index is -0.617. The molecule has 0 aliphatic heterocycles. The molecule has 0 radical (unpaired) electrons. The third-order valence-corrected chi connectivity index (χ3v) is 4.25. The van der Waals surface area contributed by atoms with Crippen LogP contribution in [0.5, 0.6) is 11.5 Å². The summed E-state index contributed by atoms with van der Waals surface area (Å²) in [5.41, 5.74) is 1.80. The Bertz CT molecular complexity index is 860. The van der Waals surface area contributed by atoms with Gasteiger partial charge >= 0.3 is 5.97 Å². The fourth-order valence-electron chi connectivity index (χ4n) is 2.68. The van der Waals surface area contributed by atoms with Crippen LogP contribution in [0.3, 0.4) is 0 Å². The SMILES string of the molecule is COc1ccc(C(=O)OCC(=O)c2ccc(CCCNC(C)=O)cc2)cc1OC. The van der Waals surface area contributed by atoms with Gasteiger partial charge in [-0.25, -0.2) is 4.79 Å². The zero-order valence-electron chi connectivity index (χ0n) is 16.8. The van der Waals surface area contributed by atoms with Gasteiger partial charge in [-0.05, 0) is 36.6 Å². The molecular weight excluding hydrogens is 374 g/mol. The minimum absolute atomic E-state index is 0.0476. The zero-order valence-corrected chi connectivity index (χ0v) is 16.8. The van der Waals surface area contributed by atoms with Gasteiger partial charge in [-0.1, -0.05) is 24.3 Å². The van der Waals surface area contributed by atoms with Gasteiger partial charge in [0.1, 0.15) is 0 Å². The Morgan fingerprint density at radius 3 is 2.17 bits per heavy atom. The number of rotatable bonds is 10. The highest BCUT2D eigenvalue weighted by molar-refractivity contribution is 5.99. The number of hydrogen-bond acceptors (Lipinski definition) is 6. The normalized spacial score (nSPS) is 10.2. The average molecular weight is 399 g/mol. The van der Waals surface area contributed by atoms with Crippen LogP contribution < -0.4 is 14.8 Å². The first-order valence-corrected chi connectivity index (χ1v) is 9.20. The van der Waals surface area contributed by atoms with E-state index in [9.17, 15) is 14.4 Å². The van der Waals surface area contributed by atoms with Gasteiger partial charge in [0, 0.05) is 19.0 Å². The number of hydrogen-bond donors (Lipinski definition) is 1. The molecule has 2 rings (SSSR count). The predicted molar refractivity (Wildman–Crippen MR) is 108 cm³/mol. The second-order valence-electron chi connectivity index (χ2n) is 6.35. The number of amides is 1. The van der Waals surface area contributed by atoms with Crippen molar-refractivity contribution in [3.05, 3.63) is 59.2 Å². The lowest BCUT2D eigenvalue weighted by Crippen LogP contribution is -2.21. The van der Waals surface area contributed by atoms with Gasteiger partial charge in [0.05, 0.1) is 19.8 Å². The maximum absolute atomic E-state index is 12.3. The third kappa shape index (κ3) is 6.64. The van der Waals surface area contributed by atoms with E-state index in [0.29, 0.717) is 23.6 Å². The molecule has 0 unspecified atom stereocenters. The minimum Gasteiger partial charge on any atom is -0.493 e. The van der Waals surface area contributed by atoms with E-state index in [1.54, 1.807) is 24.3 Å². The summed E-state index contributed by atoms with van der Waals surface area (Å²) in [5.74, 6) is -0.0502. The molecule has 0 aromatic heterocycles. The van der Waals surface area contributed by atoms with Crippen molar-refractivity contribution in [2.75, 3.05) is 27.4 Å². The summed E-state index contributed by atoms with van der Waals surface area (Å²) < 4.78 is 15.4. The number of Topliss-reactive ketones (excluding diaryl/α,β-unsaturated/α-hetero) is 1. The van der Waals surface area contributed by atoms with Crippen molar-refractivity contribution in [3.8, 4) is 11.5 Å². The van der Waals surface area contributed by atoms with Crippen LogP contribution in [-0.4, -0.2) is 45.0 Å². The van der Waals surface area contributed by atoms with E-state index in [2.05, 4.69) is 5.32 Å². The van der Waals surface area contributed by atoms with Crippen molar-refractivity contribution >= 4 is 17.7 Å². The van der Waals surface area contributed by atoms with Gasteiger partial charge in [-0.2, -0.15) is 0 Å². The quantitative estimate of drug-likeness (QED) is 0.375. The summed E-state index contributed by atoms with van der Waals surface area (Å²) in [7, 11) is 2.98. The van der Waals surface area contributed by atoms with Crippen LogP contribution in [0.1, 0.15) is 39.6 Å². The number of esters is 1. The van der Waals surface area contributed by atoms with Gasteiger partial charge < -0.3 is 19.5 Å². The van der Waals surface area contributed by atoms with Crippen LogP contribution in [0.4, 0.5) is 0 Å². The van der Waals surface area contributed by atoms with E-state index in [1.165, 1.54) is 27.2 Å². The molecule has 0 bridgehead atoms. The lowest BCUT2D eigenvalue weighted by atomic mass is 10.1. The Hall–Kier alpha value is -3.35. The summed E-state index contributed by atoms with van der Waals surface area (Å²) in [6.45, 7) is 1.75. The highest BCUT2D eigenvalue weighted by Crippen LogP contribution is 2.27. The lowest BCUT2D eigenvalue weighted by Gasteiger charge is -2.09. The highest BCUT2D eigenvalue weighted by atomic mass is 16.5. The molecule has 7 heteroatoms. The Labute approximate surface area is 170 Å². The topological polar surface area (TPSA) is 90.9 Å². The molecule has 0 saturated heterocycles. The number of benzene rings is 2. The van der Waals surface area contributed by atoms with Gasteiger partial charge in [-0.15, -0.1) is 0 Å². The summed E-state index contributed by atoms with van der Waals surface area (Å²) in [6.07, 6.45) is 1.61. The standard InChI is InChI=1S/C22H25NO6/c1-15(24)23-12-4-5-16-6-8-17(9-7-16)19(25)14-29-22(26)18-10-11-20(27-2)21(13-18)28-3/h6-11,13H,4-5,12,14H2,1-3H3,(H,23,24). The monoisotopic (exact) mass is 399 g/mol. The van der Waals surface area contributed by atoms with E-state index < -0.39 is 5.97 Å². The van der Waals surface area contributed by atoms with Gasteiger partial charge in [0.2, 0.25) is 5.91 Å². The van der Waals surface area contributed by atoms with Gasteiger partial charge in [-0.3, -0.25) is 9.59 Å².